The number of rotatable bonds is 16. The predicted octanol–water partition coefficient (Wildman–Crippen LogP) is 9.08. The van der Waals surface area contributed by atoms with E-state index in [-0.39, 0.29) is 17.9 Å². The van der Waals surface area contributed by atoms with Crippen LogP contribution >= 0.6 is 23.2 Å². The fourth-order valence-corrected chi connectivity index (χ4v) is 9.31. The summed E-state index contributed by atoms with van der Waals surface area (Å²) in [5.41, 5.74) is 7.82. The number of nitrogens with one attached hydrogen (secondary N) is 2. The van der Waals surface area contributed by atoms with Gasteiger partial charge in [0.05, 0.1) is 37.5 Å². The van der Waals surface area contributed by atoms with E-state index in [9.17, 15) is 9.59 Å². The molecule has 2 aliphatic carbocycles. The van der Waals surface area contributed by atoms with E-state index < -0.39 is 0 Å². The van der Waals surface area contributed by atoms with Crippen molar-refractivity contribution >= 4 is 46.3 Å². The van der Waals surface area contributed by atoms with Crippen LogP contribution in [0, 0.1) is 11.8 Å². The lowest BCUT2D eigenvalue weighted by Gasteiger charge is -2.36. The molecule has 4 aromatic carbocycles. The molecule has 3 aliphatic rings. The molecule has 0 radical (unpaired) electrons. The number of carbonyl (C=O) groups is 2. The van der Waals surface area contributed by atoms with Crippen molar-refractivity contribution in [1.29, 1.82) is 0 Å². The Hall–Kier alpha value is -4.41. The van der Waals surface area contributed by atoms with Crippen LogP contribution in [0.25, 0.3) is 33.2 Å². The van der Waals surface area contributed by atoms with Gasteiger partial charge in [0, 0.05) is 83.3 Å². The van der Waals surface area contributed by atoms with Crippen LogP contribution in [0.1, 0.15) is 68.1 Å². The number of ether oxygens (including phenoxy) is 2. The summed E-state index contributed by atoms with van der Waals surface area (Å²) in [7, 11) is 3.41. The molecule has 3 fully saturated rings. The summed E-state index contributed by atoms with van der Waals surface area (Å²) in [5.74, 6) is 2.68. The average Bonchev–Trinajstić information content (AvgIpc) is 3.81. The van der Waals surface area contributed by atoms with E-state index in [1.54, 1.807) is 14.2 Å². The molecule has 298 valence electrons. The Labute approximate surface area is 345 Å². The monoisotopic (exact) mass is 807 g/mol. The second-order valence-corrected chi connectivity index (χ2v) is 16.8. The van der Waals surface area contributed by atoms with Crippen molar-refractivity contribution in [3.05, 3.63) is 99.7 Å². The van der Waals surface area contributed by atoms with Gasteiger partial charge in [-0.1, -0.05) is 65.7 Å². The van der Waals surface area contributed by atoms with Crippen LogP contribution in [-0.2, 0) is 29.2 Å². The fraction of sp³-hybridized carbons (Fsp3) is 0.413. The smallest absolute Gasteiger partial charge is 0.220 e. The second-order valence-electron chi connectivity index (χ2n) is 16.0. The Morgan fingerprint density at radius 3 is 2.37 bits per heavy atom. The van der Waals surface area contributed by atoms with Crippen molar-refractivity contribution in [3.63, 3.8) is 0 Å². The van der Waals surface area contributed by atoms with Crippen LogP contribution in [0.4, 0.5) is 0 Å². The number of benzene rings is 4. The van der Waals surface area contributed by atoms with Crippen LogP contribution in [0.5, 0.6) is 11.5 Å². The zero-order chi connectivity index (χ0) is 39.5. The molecule has 1 unspecified atom stereocenters. The first-order valence-corrected chi connectivity index (χ1v) is 21.0. The summed E-state index contributed by atoms with van der Waals surface area (Å²) in [6.45, 7) is 3.68. The highest BCUT2D eigenvalue weighted by Gasteiger charge is 2.32. The lowest BCUT2D eigenvalue weighted by molar-refractivity contribution is -0.119. The zero-order valence-electron chi connectivity index (χ0n) is 32.7. The van der Waals surface area contributed by atoms with E-state index >= 15 is 0 Å². The van der Waals surface area contributed by atoms with Crippen molar-refractivity contribution in [3.8, 4) is 33.8 Å². The molecule has 0 bridgehead atoms. The molecule has 0 spiro atoms. The third kappa shape index (κ3) is 8.87. The van der Waals surface area contributed by atoms with Crippen molar-refractivity contribution in [1.82, 2.24) is 25.3 Å². The molecule has 2 heterocycles. The normalized spacial score (nSPS) is 19.6. The lowest BCUT2D eigenvalue weighted by atomic mass is 9.86. The summed E-state index contributed by atoms with van der Waals surface area (Å²) in [6, 6.07) is 23.3. The quantitative estimate of drug-likeness (QED) is 0.0961. The van der Waals surface area contributed by atoms with Gasteiger partial charge in [-0.25, -0.2) is 0 Å². The van der Waals surface area contributed by atoms with Gasteiger partial charge in [0.15, 0.2) is 0 Å². The number of aldehydes is 1. The average molecular weight is 809 g/mol. The van der Waals surface area contributed by atoms with Crippen LogP contribution in [0.2, 0.25) is 10.0 Å². The van der Waals surface area contributed by atoms with Gasteiger partial charge in [-0.3, -0.25) is 14.4 Å². The predicted molar refractivity (Wildman–Crippen MR) is 227 cm³/mol. The molecule has 1 amide bonds. The van der Waals surface area contributed by atoms with Crippen molar-refractivity contribution in [2.24, 2.45) is 11.8 Å². The Morgan fingerprint density at radius 2 is 1.63 bits per heavy atom. The van der Waals surface area contributed by atoms with Gasteiger partial charge in [0.1, 0.15) is 17.8 Å². The van der Waals surface area contributed by atoms with E-state index in [0.29, 0.717) is 42.1 Å². The summed E-state index contributed by atoms with van der Waals surface area (Å²) in [5, 5.41) is 13.7. The minimum atomic E-state index is 0.119. The molecule has 9 nitrogen and oxygen atoms in total. The molecule has 5 aromatic rings. The highest BCUT2D eigenvalue weighted by atomic mass is 35.5. The van der Waals surface area contributed by atoms with Gasteiger partial charge in [-0.05, 0) is 91.8 Å². The number of methoxy groups -OCH3 is 2. The van der Waals surface area contributed by atoms with Crippen LogP contribution in [0.15, 0.2) is 72.9 Å². The maximum Gasteiger partial charge on any atom is 0.220 e. The first-order valence-electron chi connectivity index (χ1n) is 20.3. The molecule has 1 aromatic heterocycles. The zero-order valence-corrected chi connectivity index (χ0v) is 34.2. The number of halogens is 2. The number of fused-ring (bicyclic) bond motifs is 1. The molecule has 57 heavy (non-hydrogen) atoms. The Balaban J connectivity index is 1.01. The number of carbonyl (C=O) groups excluding carboxylic acids is 2. The fourth-order valence-electron chi connectivity index (χ4n) is 8.73. The number of hydrogen-bond donors (Lipinski definition) is 2. The Morgan fingerprint density at radius 1 is 0.877 bits per heavy atom. The van der Waals surface area contributed by atoms with Crippen LogP contribution < -0.4 is 20.1 Å². The molecule has 1 atom stereocenters. The van der Waals surface area contributed by atoms with Gasteiger partial charge >= 0.3 is 0 Å². The maximum absolute atomic E-state index is 11.6. The van der Waals surface area contributed by atoms with E-state index in [0.717, 1.165) is 119 Å². The molecule has 11 heteroatoms. The highest BCUT2D eigenvalue weighted by molar-refractivity contribution is 6.36. The Kier molecular flexibility index (Phi) is 12.2. The van der Waals surface area contributed by atoms with Crippen LogP contribution in [-0.4, -0.2) is 66.3 Å². The van der Waals surface area contributed by atoms with E-state index in [2.05, 4.69) is 58.0 Å². The molecule has 2 saturated carbocycles. The molecular formula is C46H51Cl2N5O4. The Bertz CT molecular complexity index is 2250. The number of hydrogen-bond acceptors (Lipinski definition) is 7. The third-order valence-electron chi connectivity index (χ3n) is 12.1. The number of amides is 1. The van der Waals surface area contributed by atoms with Gasteiger partial charge in [-0.2, -0.15) is 5.10 Å². The summed E-state index contributed by atoms with van der Waals surface area (Å²) in [6.07, 6.45) is 11.1. The SMILES string of the molecule is COc1cc(-c2cccc(-c3cccc4c3cnn4Cc3cc(OC)c(CN(CC4CC4)C4CCC(C=O)CC4)cc3Cl)c2Cl)ccc1CNCC1CCC(=O)N1. The highest BCUT2D eigenvalue weighted by Crippen LogP contribution is 2.41. The summed E-state index contributed by atoms with van der Waals surface area (Å²) >= 11 is 14.3. The van der Waals surface area contributed by atoms with Crippen molar-refractivity contribution in [2.45, 2.75) is 83.1 Å². The summed E-state index contributed by atoms with van der Waals surface area (Å²) < 4.78 is 13.8. The molecular weight excluding hydrogens is 757 g/mol. The van der Waals surface area contributed by atoms with Crippen molar-refractivity contribution < 1.29 is 19.1 Å². The first-order chi connectivity index (χ1) is 27.8. The standard InChI is InChI=1S/C46H51Cl2N5O4/c1-56-43-20-31(13-14-32(43)22-49-23-35-15-18-45(55)51-35)37-5-3-7-39(46(37)48)38-6-4-8-42-40(38)24-50-53(42)27-33-21-44(57-2)34(19-41(33)47)26-52(25-29-9-10-29)36-16-11-30(28-54)12-17-36/h3-8,13-14,19-21,24,28-30,35-36,49H,9-12,15-18,22-23,25-27H2,1-2H3,(H,51,55). The largest absolute Gasteiger partial charge is 0.496 e. The summed E-state index contributed by atoms with van der Waals surface area (Å²) in [4.78, 5) is 25.6. The number of aromatic nitrogens is 2. The molecule has 2 N–H and O–H groups in total. The first kappa shape index (κ1) is 39.4. The van der Waals surface area contributed by atoms with E-state index in [1.165, 1.54) is 12.8 Å². The molecule has 8 rings (SSSR count). The van der Waals surface area contributed by atoms with Gasteiger partial charge in [0.25, 0.3) is 0 Å². The van der Waals surface area contributed by atoms with E-state index in [1.807, 2.05) is 35.1 Å². The second kappa shape index (κ2) is 17.6. The molecule has 1 saturated heterocycles. The minimum Gasteiger partial charge on any atom is -0.496 e. The minimum absolute atomic E-state index is 0.119. The number of nitrogens with zero attached hydrogens (tertiary/aromatic N) is 3. The third-order valence-corrected chi connectivity index (χ3v) is 12.9. The lowest BCUT2D eigenvalue weighted by Crippen LogP contribution is -2.39. The van der Waals surface area contributed by atoms with E-state index in [4.69, 9.17) is 37.8 Å². The van der Waals surface area contributed by atoms with Gasteiger partial charge in [0.2, 0.25) is 5.91 Å². The van der Waals surface area contributed by atoms with Gasteiger partial charge in [-0.15, -0.1) is 0 Å². The van der Waals surface area contributed by atoms with Crippen LogP contribution in [0.3, 0.4) is 0 Å². The topological polar surface area (TPSA) is 97.7 Å². The van der Waals surface area contributed by atoms with Gasteiger partial charge < -0.3 is 24.9 Å². The maximum atomic E-state index is 11.6. The molecule has 1 aliphatic heterocycles. The van der Waals surface area contributed by atoms with Crippen molar-refractivity contribution in [2.75, 3.05) is 27.3 Å².